The summed E-state index contributed by atoms with van der Waals surface area (Å²) >= 11 is 0.882. The quantitative estimate of drug-likeness (QED) is 0.768. The number of furan rings is 1. The van der Waals surface area contributed by atoms with Crippen LogP contribution in [0.5, 0.6) is 5.75 Å². The average Bonchev–Trinajstić information content (AvgIpc) is 3.20. The van der Waals surface area contributed by atoms with Crippen molar-refractivity contribution in [2.75, 3.05) is 20.2 Å². The van der Waals surface area contributed by atoms with Gasteiger partial charge >= 0.3 is 0 Å². The molecule has 2 heterocycles. The van der Waals surface area contributed by atoms with Gasteiger partial charge in [-0.3, -0.25) is 19.3 Å². The van der Waals surface area contributed by atoms with Gasteiger partial charge in [-0.15, -0.1) is 0 Å². The molecule has 1 aliphatic rings. The molecule has 0 bridgehead atoms. The predicted molar refractivity (Wildman–Crippen MR) is 101 cm³/mol. The number of methoxy groups -OCH3 is 1. The normalized spacial score (nSPS) is 15.5. The number of ether oxygens (including phenoxy) is 1. The number of nitrogens with one attached hydrogen (secondary N) is 1. The third kappa shape index (κ3) is 4.22. The summed E-state index contributed by atoms with van der Waals surface area (Å²) in [6.45, 7) is 2.00. The van der Waals surface area contributed by atoms with Crippen molar-refractivity contribution in [3.05, 3.63) is 58.4 Å². The van der Waals surface area contributed by atoms with Gasteiger partial charge in [-0.2, -0.15) is 0 Å². The van der Waals surface area contributed by atoms with E-state index in [2.05, 4.69) is 5.32 Å². The Hall–Kier alpha value is -3.00. The van der Waals surface area contributed by atoms with Crippen molar-refractivity contribution in [3.8, 4) is 5.75 Å². The molecule has 0 unspecified atom stereocenters. The molecule has 1 fully saturated rings. The molecule has 140 valence electrons. The third-order valence-electron chi connectivity index (χ3n) is 3.98. The van der Waals surface area contributed by atoms with Gasteiger partial charge in [0.05, 0.1) is 18.3 Å². The molecule has 3 rings (SSSR count). The van der Waals surface area contributed by atoms with Gasteiger partial charge in [0, 0.05) is 18.7 Å². The van der Waals surface area contributed by atoms with Crippen LogP contribution in [0.1, 0.15) is 21.7 Å². The van der Waals surface area contributed by atoms with Gasteiger partial charge in [0.1, 0.15) is 5.75 Å². The van der Waals surface area contributed by atoms with E-state index in [0.717, 1.165) is 27.8 Å². The minimum absolute atomic E-state index is 0.0934. The number of thioether (sulfide) groups is 1. The van der Waals surface area contributed by atoms with Gasteiger partial charge in [0.2, 0.25) is 0 Å². The lowest BCUT2D eigenvalue weighted by Gasteiger charge is -2.12. The Labute approximate surface area is 160 Å². The van der Waals surface area contributed by atoms with Crippen LogP contribution < -0.4 is 10.1 Å². The molecule has 1 aromatic carbocycles. The van der Waals surface area contributed by atoms with Crippen LogP contribution in [0.3, 0.4) is 0 Å². The largest absolute Gasteiger partial charge is 0.497 e. The minimum atomic E-state index is -0.377. The number of carbonyl (C=O) groups is 3. The van der Waals surface area contributed by atoms with Crippen molar-refractivity contribution < 1.29 is 23.5 Å². The summed E-state index contributed by atoms with van der Waals surface area (Å²) in [6, 6.07) is 8.86. The van der Waals surface area contributed by atoms with E-state index in [1.165, 1.54) is 6.26 Å². The maximum atomic E-state index is 12.5. The number of hydrogen-bond donors (Lipinski definition) is 1. The van der Waals surface area contributed by atoms with Crippen molar-refractivity contribution in [1.29, 1.82) is 0 Å². The Bertz CT molecular complexity index is 901. The zero-order chi connectivity index (χ0) is 19.4. The highest BCUT2D eigenvalue weighted by Gasteiger charge is 2.34. The molecule has 0 atom stereocenters. The fraction of sp³-hybridized carbons (Fsp3) is 0.211. The molecule has 0 aliphatic carbocycles. The molecule has 27 heavy (non-hydrogen) atoms. The van der Waals surface area contributed by atoms with E-state index in [1.807, 2.05) is 0 Å². The van der Waals surface area contributed by atoms with E-state index < -0.39 is 0 Å². The fourth-order valence-electron chi connectivity index (χ4n) is 2.51. The van der Waals surface area contributed by atoms with E-state index in [9.17, 15) is 14.4 Å². The summed E-state index contributed by atoms with van der Waals surface area (Å²) in [5.74, 6) is 0.189. The van der Waals surface area contributed by atoms with Crippen molar-refractivity contribution in [2.24, 2.45) is 0 Å². The van der Waals surface area contributed by atoms with Crippen molar-refractivity contribution in [1.82, 2.24) is 10.2 Å². The number of rotatable bonds is 6. The first-order valence-electron chi connectivity index (χ1n) is 8.21. The molecule has 1 N–H and O–H groups in total. The zero-order valence-corrected chi connectivity index (χ0v) is 15.7. The monoisotopic (exact) mass is 386 g/mol. The highest BCUT2D eigenvalue weighted by atomic mass is 32.2. The third-order valence-corrected chi connectivity index (χ3v) is 4.88. The first kappa shape index (κ1) is 18.8. The maximum Gasteiger partial charge on any atom is 0.293 e. The SMILES string of the molecule is COc1ccc(C=C2SC(=O)N(CCNC(=O)c3occc3C)C2=O)cc1. The van der Waals surface area contributed by atoms with Crippen LogP contribution in [-0.4, -0.2) is 42.2 Å². The number of nitrogens with zero attached hydrogens (tertiary/aromatic N) is 1. The molecule has 1 aliphatic heterocycles. The first-order valence-corrected chi connectivity index (χ1v) is 9.03. The number of benzene rings is 1. The number of amides is 3. The molecule has 7 nitrogen and oxygen atoms in total. The minimum Gasteiger partial charge on any atom is -0.497 e. The summed E-state index contributed by atoms with van der Waals surface area (Å²) in [7, 11) is 1.58. The Morgan fingerprint density at radius 3 is 2.63 bits per heavy atom. The van der Waals surface area contributed by atoms with Crippen LogP contribution in [0.4, 0.5) is 4.79 Å². The van der Waals surface area contributed by atoms with E-state index >= 15 is 0 Å². The molecule has 0 spiro atoms. The van der Waals surface area contributed by atoms with Crippen LogP contribution in [0, 0.1) is 6.92 Å². The Kier molecular flexibility index (Phi) is 5.66. The lowest BCUT2D eigenvalue weighted by Crippen LogP contribution is -2.37. The number of imide groups is 1. The van der Waals surface area contributed by atoms with Gasteiger partial charge in [-0.05, 0) is 48.5 Å². The van der Waals surface area contributed by atoms with E-state index in [-0.39, 0.29) is 35.9 Å². The first-order chi connectivity index (χ1) is 13.0. The molecule has 3 amide bonds. The molecule has 0 radical (unpaired) electrons. The predicted octanol–water partition coefficient (Wildman–Crippen LogP) is 3.06. The molecule has 0 saturated carbocycles. The standard InChI is InChI=1S/C19H18N2O5S/c1-12-7-10-26-16(12)17(22)20-8-9-21-18(23)15(27-19(21)24)11-13-3-5-14(25-2)6-4-13/h3-7,10-11H,8-9H2,1-2H3,(H,20,22). The highest BCUT2D eigenvalue weighted by Crippen LogP contribution is 2.32. The van der Waals surface area contributed by atoms with Gasteiger partial charge in [-0.1, -0.05) is 12.1 Å². The fourth-order valence-corrected chi connectivity index (χ4v) is 3.38. The maximum absolute atomic E-state index is 12.5. The van der Waals surface area contributed by atoms with Crippen molar-refractivity contribution in [2.45, 2.75) is 6.92 Å². The number of aryl methyl sites for hydroxylation is 1. The van der Waals surface area contributed by atoms with Gasteiger partial charge in [0.15, 0.2) is 5.76 Å². The Morgan fingerprint density at radius 2 is 2.00 bits per heavy atom. The van der Waals surface area contributed by atoms with E-state index in [0.29, 0.717) is 10.7 Å². The van der Waals surface area contributed by atoms with Crippen LogP contribution in [0.2, 0.25) is 0 Å². The summed E-state index contributed by atoms with van der Waals surface area (Å²) in [4.78, 5) is 38.0. The van der Waals surface area contributed by atoms with Crippen molar-refractivity contribution >= 4 is 34.9 Å². The summed E-state index contributed by atoms with van der Waals surface area (Å²) in [6.07, 6.45) is 3.10. The van der Waals surface area contributed by atoms with E-state index in [1.54, 1.807) is 50.4 Å². The lowest BCUT2D eigenvalue weighted by atomic mass is 10.2. The summed E-state index contributed by atoms with van der Waals surface area (Å²) in [5.41, 5.74) is 1.52. The van der Waals surface area contributed by atoms with Gasteiger partial charge in [-0.25, -0.2) is 0 Å². The summed E-state index contributed by atoms with van der Waals surface area (Å²) in [5, 5.41) is 2.29. The van der Waals surface area contributed by atoms with E-state index in [4.69, 9.17) is 9.15 Å². The van der Waals surface area contributed by atoms with Crippen molar-refractivity contribution in [3.63, 3.8) is 0 Å². The summed E-state index contributed by atoms with van der Waals surface area (Å²) < 4.78 is 10.2. The molecular formula is C19H18N2O5S. The molecule has 2 aromatic rings. The smallest absolute Gasteiger partial charge is 0.293 e. The average molecular weight is 386 g/mol. The topological polar surface area (TPSA) is 88.8 Å². The number of carbonyl (C=O) groups excluding carboxylic acids is 3. The van der Waals surface area contributed by atoms with Crippen LogP contribution in [0.25, 0.3) is 6.08 Å². The second-order valence-corrected chi connectivity index (χ2v) is 6.79. The van der Waals surface area contributed by atoms with Gasteiger partial charge < -0.3 is 14.5 Å². The molecule has 8 heteroatoms. The lowest BCUT2D eigenvalue weighted by molar-refractivity contribution is -0.122. The molecule has 1 saturated heterocycles. The van der Waals surface area contributed by atoms with Crippen LogP contribution >= 0.6 is 11.8 Å². The van der Waals surface area contributed by atoms with Gasteiger partial charge in [0.25, 0.3) is 17.1 Å². The number of hydrogen-bond acceptors (Lipinski definition) is 6. The second-order valence-electron chi connectivity index (χ2n) is 5.80. The second kappa shape index (κ2) is 8.13. The molecule has 1 aromatic heterocycles. The van der Waals surface area contributed by atoms with Crippen LogP contribution in [-0.2, 0) is 4.79 Å². The molecular weight excluding hydrogens is 368 g/mol. The van der Waals surface area contributed by atoms with Crippen LogP contribution in [0.15, 0.2) is 45.9 Å². The highest BCUT2D eigenvalue weighted by molar-refractivity contribution is 8.18. The zero-order valence-electron chi connectivity index (χ0n) is 14.9. The Balaban J connectivity index is 1.59. The Morgan fingerprint density at radius 1 is 1.26 bits per heavy atom.